The average molecular weight is 289 g/mol. The summed E-state index contributed by atoms with van der Waals surface area (Å²) >= 11 is 0. The van der Waals surface area contributed by atoms with Crippen LogP contribution < -0.4 is 5.32 Å². The van der Waals surface area contributed by atoms with Gasteiger partial charge >= 0.3 is 0 Å². The molecule has 1 aromatic carbocycles. The number of hydrogen-bond donors (Lipinski definition) is 2. The fourth-order valence-electron chi connectivity index (χ4n) is 2.31. The van der Waals surface area contributed by atoms with Crippen molar-refractivity contribution in [3.63, 3.8) is 0 Å². The van der Waals surface area contributed by atoms with E-state index in [9.17, 15) is 15.2 Å². The van der Waals surface area contributed by atoms with Crippen LogP contribution in [0.1, 0.15) is 26.7 Å². The van der Waals surface area contributed by atoms with Crippen LogP contribution in [-0.4, -0.2) is 27.2 Å². The van der Waals surface area contributed by atoms with Crippen molar-refractivity contribution >= 4 is 22.3 Å². The summed E-state index contributed by atoms with van der Waals surface area (Å²) in [5.41, 5.74) is 0.890. The van der Waals surface area contributed by atoms with Crippen molar-refractivity contribution in [1.82, 2.24) is 4.98 Å². The van der Waals surface area contributed by atoms with Crippen LogP contribution in [0.4, 0.5) is 11.4 Å². The first kappa shape index (κ1) is 15.2. The number of hydrogen-bond acceptors (Lipinski definition) is 5. The first-order chi connectivity index (χ1) is 10.0. The summed E-state index contributed by atoms with van der Waals surface area (Å²) in [4.78, 5) is 14.8. The topological polar surface area (TPSA) is 88.3 Å². The quantitative estimate of drug-likeness (QED) is 0.630. The van der Waals surface area contributed by atoms with Gasteiger partial charge in [0.2, 0.25) is 0 Å². The van der Waals surface area contributed by atoms with Gasteiger partial charge in [0, 0.05) is 35.5 Å². The third-order valence-corrected chi connectivity index (χ3v) is 3.83. The molecular formula is C15H19N3O3. The van der Waals surface area contributed by atoms with Crippen LogP contribution >= 0.6 is 0 Å². The fraction of sp³-hybridized carbons (Fsp3) is 0.400. The van der Waals surface area contributed by atoms with Crippen molar-refractivity contribution in [3.05, 3.63) is 40.6 Å². The van der Waals surface area contributed by atoms with Crippen LogP contribution in [-0.2, 0) is 0 Å². The minimum absolute atomic E-state index is 0.00323. The first-order valence-electron chi connectivity index (χ1n) is 6.92. The molecule has 0 aliphatic carbocycles. The van der Waals surface area contributed by atoms with Crippen LogP contribution in [0.25, 0.3) is 10.9 Å². The number of aliphatic hydroxyl groups excluding tert-OH is 1. The number of benzene rings is 1. The molecule has 0 bridgehead atoms. The predicted molar refractivity (Wildman–Crippen MR) is 82.4 cm³/mol. The van der Waals surface area contributed by atoms with Gasteiger partial charge in [0.15, 0.2) is 0 Å². The minimum Gasteiger partial charge on any atom is -0.396 e. The van der Waals surface area contributed by atoms with E-state index in [1.54, 1.807) is 18.3 Å². The van der Waals surface area contributed by atoms with Gasteiger partial charge < -0.3 is 10.4 Å². The van der Waals surface area contributed by atoms with Gasteiger partial charge in [-0.2, -0.15) is 0 Å². The molecule has 2 aromatic rings. The molecule has 1 aromatic heterocycles. The van der Waals surface area contributed by atoms with Crippen molar-refractivity contribution in [2.75, 3.05) is 11.9 Å². The Bertz CT molecular complexity index is 660. The van der Waals surface area contributed by atoms with E-state index in [2.05, 4.69) is 10.3 Å². The Balaban J connectivity index is 2.51. The Morgan fingerprint density at radius 3 is 2.81 bits per heavy atom. The number of nitrogens with one attached hydrogen (secondary N) is 1. The van der Waals surface area contributed by atoms with Crippen LogP contribution in [0.15, 0.2) is 30.5 Å². The monoisotopic (exact) mass is 289 g/mol. The van der Waals surface area contributed by atoms with E-state index in [1.807, 2.05) is 19.9 Å². The molecule has 112 valence electrons. The van der Waals surface area contributed by atoms with Gasteiger partial charge in [-0.25, -0.2) is 4.98 Å². The summed E-state index contributed by atoms with van der Waals surface area (Å²) in [5, 5.41) is 24.4. The zero-order chi connectivity index (χ0) is 15.5. The fourth-order valence-corrected chi connectivity index (χ4v) is 2.31. The minimum atomic E-state index is -0.425. The van der Waals surface area contributed by atoms with E-state index in [4.69, 9.17) is 0 Å². The lowest BCUT2D eigenvalue weighted by Gasteiger charge is -2.30. The summed E-state index contributed by atoms with van der Waals surface area (Å²) in [5.74, 6) is 0. The van der Waals surface area contributed by atoms with Crippen LogP contribution in [0.2, 0.25) is 0 Å². The standard InChI is InChI=1S/C15H19N3O3/c1-3-15(2,8-10-19)17-12-6-7-13(18(20)21)14-11(12)5-4-9-16-14/h4-7,9,17,19H,3,8,10H2,1-2H3. The second-order valence-corrected chi connectivity index (χ2v) is 5.30. The number of nitrogens with zero attached hydrogens (tertiary/aromatic N) is 2. The molecule has 0 fully saturated rings. The SMILES string of the molecule is CCC(C)(CCO)Nc1ccc([N+](=O)[O-])c2ncccc12. The zero-order valence-corrected chi connectivity index (χ0v) is 12.2. The van der Waals surface area contributed by atoms with Gasteiger partial charge in [0.25, 0.3) is 5.69 Å². The molecule has 0 saturated carbocycles. The van der Waals surface area contributed by atoms with Crippen molar-refractivity contribution in [3.8, 4) is 0 Å². The van der Waals surface area contributed by atoms with Crippen molar-refractivity contribution in [1.29, 1.82) is 0 Å². The van der Waals surface area contributed by atoms with Crippen molar-refractivity contribution < 1.29 is 10.0 Å². The molecule has 1 atom stereocenters. The maximum Gasteiger partial charge on any atom is 0.295 e. The van der Waals surface area contributed by atoms with Gasteiger partial charge in [-0.1, -0.05) is 6.92 Å². The van der Waals surface area contributed by atoms with Crippen LogP contribution in [0.3, 0.4) is 0 Å². The van der Waals surface area contributed by atoms with Crippen molar-refractivity contribution in [2.24, 2.45) is 0 Å². The molecule has 6 heteroatoms. The first-order valence-corrected chi connectivity index (χ1v) is 6.92. The summed E-state index contributed by atoms with van der Waals surface area (Å²) in [6, 6.07) is 6.74. The molecule has 2 rings (SSSR count). The molecular weight excluding hydrogens is 270 g/mol. The highest BCUT2D eigenvalue weighted by Gasteiger charge is 2.23. The number of non-ortho nitro benzene ring substituents is 1. The molecule has 0 aliphatic heterocycles. The molecule has 21 heavy (non-hydrogen) atoms. The largest absolute Gasteiger partial charge is 0.396 e. The molecule has 1 unspecified atom stereocenters. The molecule has 0 aliphatic rings. The van der Waals surface area contributed by atoms with E-state index in [1.165, 1.54) is 6.07 Å². The highest BCUT2D eigenvalue weighted by Crippen LogP contribution is 2.32. The van der Waals surface area contributed by atoms with E-state index in [0.29, 0.717) is 17.3 Å². The smallest absolute Gasteiger partial charge is 0.295 e. The Morgan fingerprint density at radius 2 is 2.19 bits per heavy atom. The number of aliphatic hydroxyl groups is 1. The summed E-state index contributed by atoms with van der Waals surface area (Å²) in [6.45, 7) is 4.14. The van der Waals surface area contributed by atoms with Crippen LogP contribution in [0.5, 0.6) is 0 Å². The van der Waals surface area contributed by atoms with E-state index in [-0.39, 0.29) is 17.8 Å². The highest BCUT2D eigenvalue weighted by molar-refractivity contribution is 5.97. The second kappa shape index (κ2) is 6.05. The molecule has 1 heterocycles. The Labute approximate surface area is 123 Å². The lowest BCUT2D eigenvalue weighted by atomic mass is 9.94. The number of pyridine rings is 1. The van der Waals surface area contributed by atoms with Crippen LogP contribution in [0, 0.1) is 10.1 Å². The summed E-state index contributed by atoms with van der Waals surface area (Å²) < 4.78 is 0. The van der Waals surface area contributed by atoms with Gasteiger partial charge in [0.05, 0.1) is 4.92 Å². The number of nitro benzene ring substituents is 1. The molecule has 2 N–H and O–H groups in total. The molecule has 0 amide bonds. The number of anilines is 1. The summed E-state index contributed by atoms with van der Waals surface area (Å²) in [7, 11) is 0. The third kappa shape index (κ3) is 3.11. The zero-order valence-electron chi connectivity index (χ0n) is 12.2. The highest BCUT2D eigenvalue weighted by atomic mass is 16.6. The van der Waals surface area contributed by atoms with Gasteiger partial charge in [-0.15, -0.1) is 0 Å². The van der Waals surface area contributed by atoms with Gasteiger partial charge in [-0.3, -0.25) is 10.1 Å². The maximum atomic E-state index is 11.1. The lowest BCUT2D eigenvalue weighted by Crippen LogP contribution is -2.35. The number of rotatable bonds is 6. The Kier molecular flexibility index (Phi) is 4.37. The molecule has 0 radical (unpaired) electrons. The van der Waals surface area contributed by atoms with Crippen molar-refractivity contribution in [2.45, 2.75) is 32.2 Å². The van der Waals surface area contributed by atoms with Gasteiger partial charge in [0.1, 0.15) is 5.52 Å². The predicted octanol–water partition coefficient (Wildman–Crippen LogP) is 3.11. The lowest BCUT2D eigenvalue weighted by molar-refractivity contribution is -0.383. The van der Waals surface area contributed by atoms with E-state index in [0.717, 1.165) is 12.1 Å². The van der Waals surface area contributed by atoms with E-state index >= 15 is 0 Å². The Hall–Kier alpha value is -2.21. The normalized spacial score (nSPS) is 13.9. The number of nitro groups is 1. The van der Waals surface area contributed by atoms with Gasteiger partial charge in [-0.05, 0) is 38.0 Å². The second-order valence-electron chi connectivity index (χ2n) is 5.30. The number of aromatic nitrogens is 1. The summed E-state index contributed by atoms with van der Waals surface area (Å²) in [6.07, 6.45) is 2.97. The molecule has 0 saturated heterocycles. The average Bonchev–Trinajstić information content (AvgIpc) is 2.47. The third-order valence-electron chi connectivity index (χ3n) is 3.83. The maximum absolute atomic E-state index is 11.1. The van der Waals surface area contributed by atoms with E-state index < -0.39 is 4.92 Å². The molecule has 0 spiro atoms. The Morgan fingerprint density at radius 1 is 1.43 bits per heavy atom. The number of fused-ring (bicyclic) bond motifs is 1. The molecule has 6 nitrogen and oxygen atoms in total.